The zero-order valence-corrected chi connectivity index (χ0v) is 9.28. The quantitative estimate of drug-likeness (QED) is 0.810. The number of hydrogen-bond donors (Lipinski definition) is 1. The van der Waals surface area contributed by atoms with Gasteiger partial charge in [-0.15, -0.1) is 0 Å². The molecule has 1 N–H and O–H groups in total. The number of hydrogen-bond acceptors (Lipinski definition) is 3. The number of benzene rings is 1. The Bertz CT molecular complexity index is 371. The third-order valence-electron chi connectivity index (χ3n) is 2.65. The molecule has 1 aliphatic rings. The van der Waals surface area contributed by atoms with Crippen molar-refractivity contribution in [3.8, 4) is 5.75 Å². The first-order valence-electron chi connectivity index (χ1n) is 5.17. The van der Waals surface area contributed by atoms with Crippen molar-refractivity contribution in [2.24, 2.45) is 0 Å². The van der Waals surface area contributed by atoms with Crippen LogP contribution >= 0.6 is 0 Å². The molecule has 3 heteroatoms. The number of aliphatic hydroxyl groups is 1. The minimum atomic E-state index is -0.838. The smallest absolute Gasteiger partial charge is 0.182 e. The SMILES string of the molecule is CCOc1ccc2c(c1)C(O)OC2(C)C. The van der Waals surface area contributed by atoms with Crippen LogP contribution in [0.5, 0.6) is 5.75 Å². The molecule has 0 spiro atoms. The second-order valence-corrected chi connectivity index (χ2v) is 4.16. The van der Waals surface area contributed by atoms with Gasteiger partial charge in [-0.2, -0.15) is 0 Å². The van der Waals surface area contributed by atoms with E-state index in [1.54, 1.807) is 0 Å². The van der Waals surface area contributed by atoms with Gasteiger partial charge >= 0.3 is 0 Å². The Hall–Kier alpha value is -1.06. The van der Waals surface area contributed by atoms with Crippen molar-refractivity contribution < 1.29 is 14.6 Å². The molecule has 0 radical (unpaired) electrons. The van der Waals surface area contributed by atoms with Crippen molar-refractivity contribution in [2.45, 2.75) is 32.7 Å². The van der Waals surface area contributed by atoms with Crippen LogP contribution in [0.4, 0.5) is 0 Å². The van der Waals surface area contributed by atoms with Crippen molar-refractivity contribution in [3.63, 3.8) is 0 Å². The highest BCUT2D eigenvalue weighted by Gasteiger charge is 2.36. The van der Waals surface area contributed by atoms with Gasteiger partial charge in [0.25, 0.3) is 0 Å². The first kappa shape index (κ1) is 10.5. The molecule has 1 unspecified atom stereocenters. The van der Waals surface area contributed by atoms with Crippen LogP contribution in [0.15, 0.2) is 18.2 Å². The summed E-state index contributed by atoms with van der Waals surface area (Å²) in [6.07, 6.45) is -0.838. The van der Waals surface area contributed by atoms with E-state index in [9.17, 15) is 5.11 Å². The summed E-state index contributed by atoms with van der Waals surface area (Å²) in [6, 6.07) is 5.71. The van der Waals surface area contributed by atoms with Crippen molar-refractivity contribution in [1.82, 2.24) is 0 Å². The fraction of sp³-hybridized carbons (Fsp3) is 0.500. The fourth-order valence-electron chi connectivity index (χ4n) is 1.96. The average molecular weight is 208 g/mol. The molecule has 1 aliphatic heterocycles. The van der Waals surface area contributed by atoms with Gasteiger partial charge in [0.15, 0.2) is 6.29 Å². The maximum absolute atomic E-state index is 9.73. The van der Waals surface area contributed by atoms with Gasteiger partial charge in [-0.3, -0.25) is 0 Å². The van der Waals surface area contributed by atoms with E-state index in [1.807, 2.05) is 39.0 Å². The molecular formula is C12H16O3. The maximum atomic E-state index is 9.73. The van der Waals surface area contributed by atoms with Crippen molar-refractivity contribution in [2.75, 3.05) is 6.61 Å². The molecule has 15 heavy (non-hydrogen) atoms. The highest BCUT2D eigenvalue weighted by Crippen LogP contribution is 2.42. The Balaban J connectivity index is 2.41. The lowest BCUT2D eigenvalue weighted by Gasteiger charge is -2.18. The molecule has 2 rings (SSSR count). The number of aliphatic hydroxyl groups excluding tert-OH is 1. The van der Waals surface area contributed by atoms with Crippen LogP contribution in [0, 0.1) is 0 Å². The molecule has 0 aliphatic carbocycles. The van der Waals surface area contributed by atoms with Crippen LogP contribution in [0.3, 0.4) is 0 Å². The van der Waals surface area contributed by atoms with E-state index >= 15 is 0 Å². The molecule has 1 heterocycles. The van der Waals surface area contributed by atoms with Gasteiger partial charge in [0.05, 0.1) is 12.2 Å². The second-order valence-electron chi connectivity index (χ2n) is 4.16. The van der Waals surface area contributed by atoms with Crippen molar-refractivity contribution in [1.29, 1.82) is 0 Å². The standard InChI is InChI=1S/C12H16O3/c1-4-14-8-5-6-10-9(7-8)11(13)15-12(10,2)3/h5-7,11,13H,4H2,1-3H3. The molecule has 0 saturated carbocycles. The average Bonchev–Trinajstić information content (AvgIpc) is 2.38. The van der Waals surface area contributed by atoms with Gasteiger partial charge in [0.2, 0.25) is 0 Å². The van der Waals surface area contributed by atoms with Crippen LogP contribution in [0.2, 0.25) is 0 Å². The van der Waals surface area contributed by atoms with Gasteiger partial charge in [-0.05, 0) is 38.5 Å². The highest BCUT2D eigenvalue weighted by atomic mass is 16.6. The van der Waals surface area contributed by atoms with Crippen LogP contribution in [-0.2, 0) is 10.3 Å². The van der Waals surface area contributed by atoms with Crippen LogP contribution in [0.25, 0.3) is 0 Å². The van der Waals surface area contributed by atoms with Gasteiger partial charge in [0.1, 0.15) is 5.75 Å². The van der Waals surface area contributed by atoms with E-state index in [2.05, 4.69) is 0 Å². The zero-order valence-electron chi connectivity index (χ0n) is 9.28. The van der Waals surface area contributed by atoms with Crippen molar-refractivity contribution >= 4 is 0 Å². The summed E-state index contributed by atoms with van der Waals surface area (Å²) in [5, 5.41) is 9.73. The summed E-state index contributed by atoms with van der Waals surface area (Å²) in [6.45, 7) is 6.45. The minimum Gasteiger partial charge on any atom is -0.494 e. The topological polar surface area (TPSA) is 38.7 Å². The van der Waals surface area contributed by atoms with E-state index < -0.39 is 11.9 Å². The minimum absolute atomic E-state index is 0.417. The van der Waals surface area contributed by atoms with Crippen molar-refractivity contribution in [3.05, 3.63) is 29.3 Å². The summed E-state index contributed by atoms with van der Waals surface area (Å²) < 4.78 is 10.8. The van der Waals surface area contributed by atoms with Gasteiger partial charge in [-0.25, -0.2) is 0 Å². The fourth-order valence-corrected chi connectivity index (χ4v) is 1.96. The Labute approximate surface area is 89.6 Å². The zero-order chi connectivity index (χ0) is 11.1. The van der Waals surface area contributed by atoms with E-state index in [0.717, 1.165) is 16.9 Å². The van der Waals surface area contributed by atoms with E-state index in [0.29, 0.717) is 6.61 Å². The molecule has 0 aromatic heterocycles. The second kappa shape index (κ2) is 3.51. The van der Waals surface area contributed by atoms with Crippen LogP contribution in [0.1, 0.15) is 38.2 Å². The lowest BCUT2D eigenvalue weighted by molar-refractivity contribution is -0.157. The molecule has 0 fully saturated rings. The predicted molar refractivity (Wildman–Crippen MR) is 56.7 cm³/mol. The molecule has 0 bridgehead atoms. The number of rotatable bonds is 2. The van der Waals surface area contributed by atoms with E-state index in [4.69, 9.17) is 9.47 Å². The summed E-state index contributed by atoms with van der Waals surface area (Å²) >= 11 is 0. The van der Waals surface area contributed by atoms with Gasteiger partial charge in [0, 0.05) is 5.56 Å². The Morgan fingerprint density at radius 1 is 1.47 bits per heavy atom. The number of ether oxygens (including phenoxy) is 2. The Morgan fingerprint density at radius 2 is 2.20 bits per heavy atom. The van der Waals surface area contributed by atoms with Crippen LogP contribution in [-0.4, -0.2) is 11.7 Å². The first-order valence-corrected chi connectivity index (χ1v) is 5.17. The molecule has 0 saturated heterocycles. The van der Waals surface area contributed by atoms with Gasteiger partial charge < -0.3 is 14.6 Å². The summed E-state index contributed by atoms with van der Waals surface area (Å²) in [5.74, 6) is 0.775. The Morgan fingerprint density at radius 3 is 2.87 bits per heavy atom. The molecule has 82 valence electrons. The molecule has 0 amide bonds. The normalized spacial score (nSPS) is 22.5. The molecular weight excluding hydrogens is 192 g/mol. The predicted octanol–water partition coefficient (Wildman–Crippen LogP) is 2.34. The summed E-state index contributed by atoms with van der Waals surface area (Å²) in [5.41, 5.74) is 1.42. The summed E-state index contributed by atoms with van der Waals surface area (Å²) in [7, 11) is 0. The molecule has 1 aromatic carbocycles. The number of fused-ring (bicyclic) bond motifs is 1. The molecule has 1 atom stereocenters. The summed E-state index contributed by atoms with van der Waals surface area (Å²) in [4.78, 5) is 0. The Kier molecular flexibility index (Phi) is 2.44. The lowest BCUT2D eigenvalue weighted by atomic mass is 9.96. The van der Waals surface area contributed by atoms with Crippen LogP contribution < -0.4 is 4.74 Å². The largest absolute Gasteiger partial charge is 0.494 e. The van der Waals surface area contributed by atoms with Gasteiger partial charge in [-0.1, -0.05) is 6.07 Å². The highest BCUT2D eigenvalue weighted by molar-refractivity contribution is 5.41. The third-order valence-corrected chi connectivity index (χ3v) is 2.65. The molecule has 3 nitrogen and oxygen atoms in total. The maximum Gasteiger partial charge on any atom is 0.182 e. The van der Waals surface area contributed by atoms with E-state index in [-0.39, 0.29) is 0 Å². The monoisotopic (exact) mass is 208 g/mol. The lowest BCUT2D eigenvalue weighted by Crippen LogP contribution is -2.15. The third kappa shape index (κ3) is 1.73. The van der Waals surface area contributed by atoms with E-state index in [1.165, 1.54) is 0 Å². The molecule has 1 aromatic rings. The first-order chi connectivity index (χ1) is 7.04.